The number of hydrogen-bond donors (Lipinski definition) is 0. The van der Waals surface area contributed by atoms with Crippen molar-refractivity contribution < 1.29 is 18.3 Å². The first-order chi connectivity index (χ1) is 9.09. The van der Waals surface area contributed by atoms with E-state index in [1.165, 1.54) is 18.2 Å². The van der Waals surface area contributed by atoms with E-state index >= 15 is 0 Å². The molecule has 0 aliphatic rings. The van der Waals surface area contributed by atoms with Crippen LogP contribution >= 0.6 is 11.6 Å². The van der Waals surface area contributed by atoms with Crippen LogP contribution in [-0.4, -0.2) is 12.4 Å². The summed E-state index contributed by atoms with van der Waals surface area (Å²) in [6.45, 7) is -0.413. The number of rotatable bonds is 4. The topological polar surface area (TPSA) is 26.3 Å². The zero-order chi connectivity index (χ0) is 13.8. The van der Waals surface area contributed by atoms with E-state index in [0.717, 1.165) is 6.07 Å². The lowest BCUT2D eigenvalue weighted by Gasteiger charge is -2.07. The summed E-state index contributed by atoms with van der Waals surface area (Å²) >= 11 is 5.85. The average Bonchev–Trinajstić information content (AvgIpc) is 2.40. The Balaban J connectivity index is 2.09. The quantitative estimate of drug-likeness (QED) is 0.796. The van der Waals surface area contributed by atoms with E-state index in [4.69, 9.17) is 16.3 Å². The highest BCUT2D eigenvalue weighted by molar-refractivity contribution is 6.34. The van der Waals surface area contributed by atoms with Crippen LogP contribution in [0.4, 0.5) is 8.78 Å². The minimum Gasteiger partial charge on any atom is -0.482 e. The van der Waals surface area contributed by atoms with E-state index < -0.39 is 24.0 Å². The highest BCUT2D eigenvalue weighted by Gasteiger charge is 2.13. The maximum Gasteiger partial charge on any atom is 0.201 e. The summed E-state index contributed by atoms with van der Waals surface area (Å²) in [6.07, 6.45) is 0. The summed E-state index contributed by atoms with van der Waals surface area (Å²) in [7, 11) is 0. The lowest BCUT2D eigenvalue weighted by atomic mass is 10.1. The van der Waals surface area contributed by atoms with Crippen LogP contribution in [0.5, 0.6) is 5.75 Å². The molecule has 0 aromatic heterocycles. The van der Waals surface area contributed by atoms with Gasteiger partial charge in [0.1, 0.15) is 0 Å². The summed E-state index contributed by atoms with van der Waals surface area (Å²) in [5.41, 5.74) is 0.279. The number of benzene rings is 2. The second-order valence-corrected chi connectivity index (χ2v) is 4.15. The maximum absolute atomic E-state index is 13.3. The van der Waals surface area contributed by atoms with Gasteiger partial charge in [0.15, 0.2) is 18.2 Å². The summed E-state index contributed by atoms with van der Waals surface area (Å²) in [6, 6.07) is 9.96. The Bertz CT molecular complexity index is 614. The van der Waals surface area contributed by atoms with E-state index in [1.54, 1.807) is 18.2 Å². The second kappa shape index (κ2) is 5.80. The van der Waals surface area contributed by atoms with Crippen molar-refractivity contribution in [3.05, 3.63) is 64.7 Å². The Hall–Kier alpha value is -1.94. The predicted molar refractivity (Wildman–Crippen MR) is 67.6 cm³/mol. The maximum atomic E-state index is 13.3. The lowest BCUT2D eigenvalue weighted by molar-refractivity contribution is 0.0918. The number of carbonyl (C=O) groups excluding carboxylic acids is 1. The van der Waals surface area contributed by atoms with E-state index in [1.807, 2.05) is 0 Å². The van der Waals surface area contributed by atoms with Crippen molar-refractivity contribution in [1.82, 2.24) is 0 Å². The van der Waals surface area contributed by atoms with Crippen molar-refractivity contribution in [3.63, 3.8) is 0 Å². The molecule has 0 saturated carbocycles. The molecule has 0 unspecified atom stereocenters. The Morgan fingerprint density at radius 1 is 1.11 bits per heavy atom. The van der Waals surface area contributed by atoms with Gasteiger partial charge in [0.2, 0.25) is 11.6 Å². The molecule has 2 aromatic carbocycles. The van der Waals surface area contributed by atoms with Gasteiger partial charge < -0.3 is 4.74 Å². The Morgan fingerprint density at radius 3 is 2.58 bits per heavy atom. The van der Waals surface area contributed by atoms with Gasteiger partial charge in [-0.05, 0) is 24.3 Å². The minimum atomic E-state index is -1.12. The Kier molecular flexibility index (Phi) is 4.12. The van der Waals surface area contributed by atoms with Crippen LogP contribution in [0.25, 0.3) is 0 Å². The van der Waals surface area contributed by atoms with E-state index in [2.05, 4.69) is 0 Å². The third-order valence-corrected chi connectivity index (χ3v) is 2.78. The molecule has 0 bridgehead atoms. The number of carbonyl (C=O) groups is 1. The zero-order valence-electron chi connectivity index (χ0n) is 9.70. The third-order valence-electron chi connectivity index (χ3n) is 2.45. The van der Waals surface area contributed by atoms with Gasteiger partial charge in [-0.3, -0.25) is 4.79 Å². The Labute approximate surface area is 113 Å². The zero-order valence-corrected chi connectivity index (χ0v) is 10.5. The molecule has 2 aromatic rings. The van der Waals surface area contributed by atoms with Crippen LogP contribution in [0.1, 0.15) is 10.4 Å². The van der Waals surface area contributed by atoms with Crippen molar-refractivity contribution in [2.24, 2.45) is 0 Å². The molecular formula is C14H9ClF2O2. The molecule has 0 fully saturated rings. The highest BCUT2D eigenvalue weighted by Crippen LogP contribution is 2.20. The fourth-order valence-corrected chi connectivity index (χ4v) is 1.75. The van der Waals surface area contributed by atoms with E-state index in [0.29, 0.717) is 0 Å². The molecule has 0 aliphatic heterocycles. The first-order valence-electron chi connectivity index (χ1n) is 5.44. The number of ketones is 1. The van der Waals surface area contributed by atoms with Crippen LogP contribution in [0.2, 0.25) is 5.02 Å². The summed E-state index contributed by atoms with van der Waals surface area (Å²) < 4.78 is 31.2. The van der Waals surface area contributed by atoms with Gasteiger partial charge in [0.25, 0.3) is 0 Å². The van der Waals surface area contributed by atoms with Crippen molar-refractivity contribution in [1.29, 1.82) is 0 Å². The van der Waals surface area contributed by atoms with Gasteiger partial charge in [-0.2, -0.15) is 4.39 Å². The lowest BCUT2D eigenvalue weighted by Crippen LogP contribution is -2.13. The van der Waals surface area contributed by atoms with Gasteiger partial charge in [0.05, 0.1) is 5.02 Å². The average molecular weight is 283 g/mol. The van der Waals surface area contributed by atoms with Crippen molar-refractivity contribution >= 4 is 17.4 Å². The van der Waals surface area contributed by atoms with Crippen molar-refractivity contribution in [3.8, 4) is 5.75 Å². The van der Waals surface area contributed by atoms with Gasteiger partial charge in [-0.15, -0.1) is 0 Å². The molecule has 0 aliphatic carbocycles. The SMILES string of the molecule is O=C(COc1cccc(F)c1F)c1ccccc1Cl. The van der Waals surface area contributed by atoms with Crippen LogP contribution < -0.4 is 4.74 Å². The van der Waals surface area contributed by atoms with Gasteiger partial charge in [-0.1, -0.05) is 29.8 Å². The smallest absolute Gasteiger partial charge is 0.201 e. The van der Waals surface area contributed by atoms with Crippen LogP contribution in [0, 0.1) is 11.6 Å². The fourth-order valence-electron chi connectivity index (χ4n) is 1.50. The van der Waals surface area contributed by atoms with Gasteiger partial charge >= 0.3 is 0 Å². The number of Topliss-reactive ketones (excluding diaryl/α,β-unsaturated/α-hetero) is 1. The van der Waals surface area contributed by atoms with Crippen LogP contribution in [0.15, 0.2) is 42.5 Å². The highest BCUT2D eigenvalue weighted by atomic mass is 35.5. The second-order valence-electron chi connectivity index (χ2n) is 3.74. The van der Waals surface area contributed by atoms with Gasteiger partial charge in [-0.25, -0.2) is 4.39 Å². The molecule has 2 nitrogen and oxygen atoms in total. The molecule has 0 spiro atoms. The largest absolute Gasteiger partial charge is 0.482 e. The first-order valence-corrected chi connectivity index (χ1v) is 5.82. The molecule has 0 saturated heterocycles. The first kappa shape index (κ1) is 13.5. The third kappa shape index (κ3) is 3.09. The fraction of sp³-hybridized carbons (Fsp3) is 0.0714. The predicted octanol–water partition coefficient (Wildman–Crippen LogP) is 3.88. The standard InChI is InChI=1S/C14H9ClF2O2/c15-10-5-2-1-4-9(10)12(18)8-19-13-7-3-6-11(16)14(13)17/h1-7H,8H2. The number of hydrogen-bond acceptors (Lipinski definition) is 2. The van der Waals surface area contributed by atoms with E-state index in [9.17, 15) is 13.6 Å². The Morgan fingerprint density at radius 2 is 1.84 bits per heavy atom. The molecule has 19 heavy (non-hydrogen) atoms. The normalized spacial score (nSPS) is 10.3. The summed E-state index contributed by atoms with van der Waals surface area (Å²) in [4.78, 5) is 11.8. The molecule has 2 rings (SSSR count). The van der Waals surface area contributed by atoms with Crippen molar-refractivity contribution in [2.75, 3.05) is 6.61 Å². The number of halogens is 3. The monoisotopic (exact) mass is 282 g/mol. The van der Waals surface area contributed by atoms with Gasteiger partial charge in [0, 0.05) is 5.56 Å². The molecule has 5 heteroatoms. The molecule has 0 amide bonds. The minimum absolute atomic E-state index is 0.279. The van der Waals surface area contributed by atoms with Crippen LogP contribution in [-0.2, 0) is 0 Å². The summed E-state index contributed by atoms with van der Waals surface area (Å²) in [5, 5.41) is 0.288. The molecular weight excluding hydrogens is 274 g/mol. The molecule has 0 radical (unpaired) electrons. The molecule has 0 heterocycles. The van der Waals surface area contributed by atoms with Crippen molar-refractivity contribution in [2.45, 2.75) is 0 Å². The van der Waals surface area contributed by atoms with Crippen LogP contribution in [0.3, 0.4) is 0 Å². The van der Waals surface area contributed by atoms with E-state index in [-0.39, 0.29) is 16.3 Å². The molecule has 98 valence electrons. The summed E-state index contributed by atoms with van der Waals surface area (Å²) in [5.74, 6) is -2.85. The molecule has 0 N–H and O–H groups in total. The number of ether oxygens (including phenoxy) is 1. The molecule has 0 atom stereocenters.